The molecule has 0 bridgehead atoms. The molecule has 0 aliphatic heterocycles. The zero-order valence-electron chi connectivity index (χ0n) is 19.3. The Morgan fingerprint density at radius 2 is 1.74 bits per heavy atom. The first-order valence-corrected chi connectivity index (χ1v) is 11.0. The summed E-state index contributed by atoms with van der Waals surface area (Å²) in [4.78, 5) is 25.1. The Morgan fingerprint density at radius 1 is 1.12 bits per heavy atom. The number of hydrogen-bond donors (Lipinski definition) is 1. The van der Waals surface area contributed by atoms with Crippen LogP contribution in [-0.4, -0.2) is 23.7 Å². The predicted octanol–water partition coefficient (Wildman–Crippen LogP) is 6.41. The van der Waals surface area contributed by atoms with Crippen molar-refractivity contribution >= 4 is 29.2 Å². The number of alkyl halides is 3. The van der Waals surface area contributed by atoms with Crippen molar-refractivity contribution in [1.82, 2.24) is 0 Å². The first kappa shape index (κ1) is 27.2. The number of nitriles is 1. The van der Waals surface area contributed by atoms with Crippen molar-refractivity contribution in [1.29, 1.82) is 5.26 Å². The number of carbonyl (C=O) groups is 2. The number of halogens is 4. The van der Waals surface area contributed by atoms with E-state index in [0.29, 0.717) is 10.6 Å². The summed E-state index contributed by atoms with van der Waals surface area (Å²) in [5.41, 5.74) is 0.289. The van der Waals surface area contributed by atoms with Crippen LogP contribution in [0, 0.1) is 17.2 Å². The number of carbonyl (C=O) groups excluding carboxylic acids is 2. The maximum atomic E-state index is 13.6. The number of esters is 1. The molecule has 0 saturated carbocycles. The molecule has 2 atom stereocenters. The quantitative estimate of drug-likeness (QED) is 0.451. The molecule has 2 aromatic rings. The van der Waals surface area contributed by atoms with Crippen LogP contribution in [0.2, 0.25) is 5.02 Å². The zero-order chi connectivity index (χ0) is 25.7. The Hall–Kier alpha value is -3.05. The van der Waals surface area contributed by atoms with Crippen molar-refractivity contribution in [2.45, 2.75) is 58.2 Å². The van der Waals surface area contributed by atoms with Gasteiger partial charge in [-0.05, 0) is 62.6 Å². The molecule has 1 N–H and O–H groups in total. The van der Waals surface area contributed by atoms with E-state index >= 15 is 0 Å². The highest BCUT2D eigenvalue weighted by atomic mass is 35.5. The molecule has 0 radical (unpaired) electrons. The summed E-state index contributed by atoms with van der Waals surface area (Å²) in [7, 11) is 0. The van der Waals surface area contributed by atoms with Gasteiger partial charge >= 0.3 is 12.1 Å². The second kappa shape index (κ2) is 10.9. The lowest BCUT2D eigenvalue weighted by Crippen LogP contribution is -2.34. The van der Waals surface area contributed by atoms with Gasteiger partial charge in [-0.1, -0.05) is 36.7 Å². The maximum absolute atomic E-state index is 13.6. The minimum atomic E-state index is -4.63. The second-order valence-corrected chi connectivity index (χ2v) is 9.36. The lowest BCUT2D eigenvalue weighted by atomic mass is 9.85. The Bertz CT molecular complexity index is 1070. The zero-order valence-corrected chi connectivity index (χ0v) is 20.1. The summed E-state index contributed by atoms with van der Waals surface area (Å²) in [6.45, 7) is 6.18. The van der Waals surface area contributed by atoms with Crippen LogP contribution in [0.25, 0.3) is 0 Å². The van der Waals surface area contributed by atoms with Crippen LogP contribution in [0.4, 0.5) is 18.9 Å². The van der Waals surface area contributed by atoms with Gasteiger partial charge in [0.25, 0.3) is 0 Å². The molecule has 0 aromatic heterocycles. The minimum absolute atomic E-state index is 0.0645. The van der Waals surface area contributed by atoms with Crippen molar-refractivity contribution in [3.05, 3.63) is 64.2 Å². The lowest BCUT2D eigenvalue weighted by Gasteiger charge is -2.26. The standard InChI is InChI=1S/C25H26ClF3N2O3/c1-15(25(27,28)29)22(17-8-10-19(26)11-9-17)23(33)31-20-13-16(5-7-18(20)14-30)6-12-21(32)34-24(2,3)4/h5,7-11,13,15,22H,6,12H2,1-4H3,(H,31,33). The molecule has 2 rings (SSSR count). The predicted molar refractivity (Wildman–Crippen MR) is 123 cm³/mol. The smallest absolute Gasteiger partial charge is 0.392 e. The molecule has 0 saturated heterocycles. The Labute approximate surface area is 201 Å². The van der Waals surface area contributed by atoms with Crippen molar-refractivity contribution < 1.29 is 27.5 Å². The molecule has 182 valence electrons. The average Bonchev–Trinajstić information content (AvgIpc) is 2.72. The number of nitrogens with zero attached hydrogens (tertiary/aromatic N) is 1. The third-order valence-corrected chi connectivity index (χ3v) is 5.28. The van der Waals surface area contributed by atoms with Gasteiger partial charge in [-0.2, -0.15) is 18.4 Å². The van der Waals surface area contributed by atoms with Crippen molar-refractivity contribution in [3.63, 3.8) is 0 Å². The number of benzene rings is 2. The van der Waals surface area contributed by atoms with E-state index in [1.165, 1.54) is 36.4 Å². The highest BCUT2D eigenvalue weighted by molar-refractivity contribution is 6.30. The fourth-order valence-corrected chi connectivity index (χ4v) is 3.45. The van der Waals surface area contributed by atoms with Gasteiger partial charge in [0.1, 0.15) is 11.7 Å². The van der Waals surface area contributed by atoms with Crippen LogP contribution in [0.1, 0.15) is 56.7 Å². The summed E-state index contributed by atoms with van der Waals surface area (Å²) in [6.07, 6.45) is -4.30. The van der Waals surface area contributed by atoms with Crippen LogP contribution in [0.15, 0.2) is 42.5 Å². The van der Waals surface area contributed by atoms with Crippen molar-refractivity contribution in [3.8, 4) is 6.07 Å². The van der Waals surface area contributed by atoms with Crippen LogP contribution >= 0.6 is 11.6 Å². The normalized spacial score (nSPS) is 13.5. The number of rotatable bonds is 7. The number of anilines is 1. The monoisotopic (exact) mass is 494 g/mol. The van der Waals surface area contributed by atoms with Gasteiger partial charge in [-0.3, -0.25) is 9.59 Å². The highest BCUT2D eigenvalue weighted by Crippen LogP contribution is 2.38. The Morgan fingerprint density at radius 3 is 2.26 bits per heavy atom. The molecule has 1 amide bonds. The molecule has 5 nitrogen and oxygen atoms in total. The largest absolute Gasteiger partial charge is 0.460 e. The first-order chi connectivity index (χ1) is 15.7. The third kappa shape index (κ3) is 7.77. The number of hydrogen-bond acceptors (Lipinski definition) is 4. The molecule has 34 heavy (non-hydrogen) atoms. The Balaban J connectivity index is 2.30. The van der Waals surface area contributed by atoms with Gasteiger partial charge < -0.3 is 10.1 Å². The lowest BCUT2D eigenvalue weighted by molar-refractivity contribution is -0.178. The first-order valence-electron chi connectivity index (χ1n) is 10.6. The molecule has 0 aliphatic rings. The van der Waals surface area contributed by atoms with Crippen molar-refractivity contribution in [2.24, 2.45) is 5.92 Å². The average molecular weight is 495 g/mol. The number of amides is 1. The molecular formula is C25H26ClF3N2O3. The molecule has 0 aliphatic carbocycles. The third-order valence-electron chi connectivity index (χ3n) is 5.03. The molecule has 0 heterocycles. The summed E-state index contributed by atoms with van der Waals surface area (Å²) in [6, 6.07) is 12.0. The highest BCUT2D eigenvalue weighted by Gasteiger charge is 2.45. The molecule has 9 heteroatoms. The van der Waals surface area contributed by atoms with E-state index in [1.54, 1.807) is 26.8 Å². The number of ether oxygens (including phenoxy) is 1. The molecule has 0 spiro atoms. The van der Waals surface area contributed by atoms with Crippen LogP contribution in [-0.2, 0) is 20.7 Å². The summed E-state index contributed by atoms with van der Waals surface area (Å²) in [5, 5.41) is 12.2. The van der Waals surface area contributed by atoms with E-state index in [1.807, 2.05) is 6.07 Å². The maximum Gasteiger partial charge on any atom is 0.392 e. The second-order valence-electron chi connectivity index (χ2n) is 8.93. The fraction of sp³-hybridized carbons (Fsp3) is 0.400. The molecule has 2 unspecified atom stereocenters. The van der Waals surface area contributed by atoms with Gasteiger partial charge in [-0.15, -0.1) is 0 Å². The molecule has 2 aromatic carbocycles. The van der Waals surface area contributed by atoms with Crippen LogP contribution in [0.5, 0.6) is 0 Å². The van der Waals surface area contributed by atoms with E-state index in [4.69, 9.17) is 16.3 Å². The van der Waals surface area contributed by atoms with E-state index in [-0.39, 0.29) is 29.7 Å². The van der Waals surface area contributed by atoms with E-state index < -0.39 is 35.5 Å². The van der Waals surface area contributed by atoms with Gasteiger partial charge in [0.15, 0.2) is 0 Å². The van der Waals surface area contributed by atoms with Crippen molar-refractivity contribution in [2.75, 3.05) is 5.32 Å². The van der Waals surface area contributed by atoms with E-state index in [0.717, 1.165) is 6.92 Å². The number of nitrogens with one attached hydrogen (secondary N) is 1. The fourth-order valence-electron chi connectivity index (χ4n) is 3.32. The SMILES string of the molecule is CC(C(C(=O)Nc1cc(CCC(=O)OC(C)(C)C)ccc1C#N)c1ccc(Cl)cc1)C(F)(F)F. The Kier molecular flexibility index (Phi) is 8.73. The summed E-state index contributed by atoms with van der Waals surface area (Å²) >= 11 is 5.85. The molecular weight excluding hydrogens is 469 g/mol. The summed E-state index contributed by atoms with van der Waals surface area (Å²) in [5.74, 6) is -4.87. The van der Waals surface area contributed by atoms with E-state index in [2.05, 4.69) is 5.32 Å². The van der Waals surface area contributed by atoms with Gasteiger partial charge in [0.05, 0.1) is 23.1 Å². The van der Waals surface area contributed by atoms with Gasteiger partial charge in [0.2, 0.25) is 5.91 Å². The number of aryl methyl sites for hydroxylation is 1. The molecule has 0 fully saturated rings. The van der Waals surface area contributed by atoms with Gasteiger partial charge in [-0.25, -0.2) is 0 Å². The summed E-state index contributed by atoms with van der Waals surface area (Å²) < 4.78 is 46.0. The van der Waals surface area contributed by atoms with Gasteiger partial charge in [0, 0.05) is 11.4 Å². The van der Waals surface area contributed by atoms with Crippen LogP contribution in [0.3, 0.4) is 0 Å². The topological polar surface area (TPSA) is 79.2 Å². The minimum Gasteiger partial charge on any atom is -0.460 e. The van der Waals surface area contributed by atoms with Crippen LogP contribution < -0.4 is 5.32 Å². The van der Waals surface area contributed by atoms with E-state index in [9.17, 15) is 28.0 Å².